The van der Waals surface area contributed by atoms with Crippen molar-refractivity contribution in [1.82, 2.24) is 68.4 Å². The van der Waals surface area contributed by atoms with Crippen molar-refractivity contribution >= 4 is 111 Å². The number of rotatable bonds is 28. The van der Waals surface area contributed by atoms with Crippen LogP contribution in [0.5, 0.6) is 0 Å². The van der Waals surface area contributed by atoms with E-state index in [1.807, 2.05) is 36.4 Å². The molecule has 552 valence electrons. The number of carbonyl (C=O) groups excluding carboxylic acids is 14. The molecule has 6 rings (SSSR count). The van der Waals surface area contributed by atoms with Crippen LogP contribution in [0.1, 0.15) is 95.2 Å². The molecule has 2 aliphatic rings. The molecule has 1 unspecified atom stereocenters. The van der Waals surface area contributed by atoms with E-state index in [4.69, 9.17) is 34.5 Å². The van der Waals surface area contributed by atoms with Crippen LogP contribution >= 0.6 is 11.6 Å². The fourth-order valence-corrected chi connectivity index (χ4v) is 11.6. The van der Waals surface area contributed by atoms with Crippen LogP contribution in [0.4, 0.5) is 0 Å². The number of hydrogen-bond donors (Lipinski definition) is 15. The van der Waals surface area contributed by atoms with Gasteiger partial charge in [0.1, 0.15) is 60.4 Å². The number of benzene rings is 3. The van der Waals surface area contributed by atoms with E-state index in [1.165, 1.54) is 30.3 Å². The second kappa shape index (κ2) is 40.2. The van der Waals surface area contributed by atoms with Crippen molar-refractivity contribution < 1.29 is 67.1 Å². The summed E-state index contributed by atoms with van der Waals surface area (Å²) >= 11 is 6.22. The molecule has 3 aromatic carbocycles. The monoisotopic (exact) mass is 1450 g/mol. The molecule has 14 amide bonds. The number of likely N-dealkylation sites (tertiary alicyclic amines) is 1. The van der Waals surface area contributed by atoms with Crippen LogP contribution in [0, 0.1) is 5.92 Å². The van der Waals surface area contributed by atoms with E-state index in [9.17, 15) is 72.7 Å². The molecule has 10 atom stereocenters. The summed E-state index contributed by atoms with van der Waals surface area (Å²) in [4.78, 5) is 208. The first kappa shape index (κ1) is 80.7. The van der Waals surface area contributed by atoms with E-state index in [-0.39, 0.29) is 89.4 Å². The van der Waals surface area contributed by atoms with Crippen LogP contribution in [0.3, 0.4) is 0 Å². The quantitative estimate of drug-likeness (QED) is 0.00697. The molecule has 1 aromatic heterocycles. The number of aromatic nitrogens is 1. The first-order valence-electron chi connectivity index (χ1n) is 33.4. The number of nitrogens with one attached hydrogen (secondary N) is 11. The van der Waals surface area contributed by atoms with Gasteiger partial charge in [-0.05, 0) is 101 Å². The lowest BCUT2D eigenvalue weighted by atomic mass is 9.99. The molecule has 4 aromatic rings. The molecule has 19 N–H and O–H groups in total. The molecular formula is C67H88ClN21O14. The van der Waals surface area contributed by atoms with Gasteiger partial charge in [0.2, 0.25) is 82.7 Å². The third-order valence-corrected chi connectivity index (χ3v) is 16.9. The summed E-state index contributed by atoms with van der Waals surface area (Å²) in [5.41, 5.74) is 33.0. The lowest BCUT2D eigenvalue weighted by Crippen LogP contribution is -2.61. The van der Waals surface area contributed by atoms with E-state index < -0.39 is 169 Å². The summed E-state index contributed by atoms with van der Waals surface area (Å²) < 4.78 is 0. The van der Waals surface area contributed by atoms with Crippen LogP contribution in [0.2, 0.25) is 5.02 Å². The van der Waals surface area contributed by atoms with Crippen molar-refractivity contribution in [1.29, 1.82) is 0 Å². The Morgan fingerprint density at radius 3 is 1.94 bits per heavy atom. The second-order valence-corrected chi connectivity index (χ2v) is 25.6. The minimum absolute atomic E-state index is 0.0178. The molecule has 0 bridgehead atoms. The molecule has 2 saturated heterocycles. The number of aliphatic imine (C=N–C) groups is 1. The third kappa shape index (κ3) is 26.3. The molecular weight excluding hydrogens is 1360 g/mol. The van der Waals surface area contributed by atoms with Gasteiger partial charge in [-0.2, -0.15) is 0 Å². The smallest absolute Gasteiger partial charge is 0.245 e. The van der Waals surface area contributed by atoms with Crippen molar-refractivity contribution in [3.8, 4) is 0 Å². The Kier molecular flexibility index (Phi) is 31.5. The van der Waals surface area contributed by atoms with E-state index >= 15 is 0 Å². The first-order valence-corrected chi connectivity index (χ1v) is 33.8. The van der Waals surface area contributed by atoms with Gasteiger partial charge in [-0.25, -0.2) is 0 Å². The van der Waals surface area contributed by atoms with Crippen molar-refractivity contribution in [2.24, 2.45) is 39.0 Å². The highest BCUT2D eigenvalue weighted by Crippen LogP contribution is 2.22. The third-order valence-electron chi connectivity index (χ3n) is 16.6. The SMILES string of the molecule is CC(=O)N[C@H](Cc1ccc2ccccc2c1)C(=O)N[C@H](Cc1ccc(Cl)cc1)C(=O)N[C@H](Cc1cccnc1)C(=O)N[C@@H](CC(=O)N=[N+]=[N-])C(=O)N[C@H]1CC(=O)NCCC(=O)NCC[C@@H](C(=O)N2CCC[C@H]2C(=O)NC(CN)C(N)=O)NC(=O)[C@H](CC(C)C)NC(=O)[C@@H](CCCN=C(N)N)NC1=O. The van der Waals surface area contributed by atoms with Gasteiger partial charge in [0.15, 0.2) is 5.96 Å². The number of hydrogen-bond acceptors (Lipinski definition) is 17. The fourth-order valence-electron chi connectivity index (χ4n) is 11.4. The van der Waals surface area contributed by atoms with Gasteiger partial charge >= 0.3 is 0 Å². The zero-order chi connectivity index (χ0) is 75.3. The van der Waals surface area contributed by atoms with Gasteiger partial charge in [0.25, 0.3) is 0 Å². The van der Waals surface area contributed by atoms with E-state index in [2.05, 4.69) is 78.5 Å². The van der Waals surface area contributed by atoms with Gasteiger partial charge in [0, 0.05) is 94.1 Å². The van der Waals surface area contributed by atoms with E-state index in [0.29, 0.717) is 28.1 Å². The minimum atomic E-state index is -2.10. The van der Waals surface area contributed by atoms with Crippen LogP contribution in [-0.4, -0.2) is 192 Å². The number of pyridine rings is 1. The highest BCUT2D eigenvalue weighted by atomic mass is 35.5. The normalized spacial score (nSPS) is 19.1. The second-order valence-electron chi connectivity index (χ2n) is 25.2. The van der Waals surface area contributed by atoms with Gasteiger partial charge in [0.05, 0.1) is 6.42 Å². The summed E-state index contributed by atoms with van der Waals surface area (Å²) in [5.74, 6) is -14.0. The number of nitrogens with zero attached hydrogens (tertiary/aromatic N) is 6. The summed E-state index contributed by atoms with van der Waals surface area (Å²) in [6, 6.07) is 6.89. The Morgan fingerprint density at radius 1 is 0.689 bits per heavy atom. The van der Waals surface area contributed by atoms with Crippen LogP contribution in [0.25, 0.3) is 21.2 Å². The molecule has 0 spiro atoms. The van der Waals surface area contributed by atoms with Crippen LogP contribution < -0.4 is 81.4 Å². The fraction of sp³-hybridized carbons (Fsp3) is 0.463. The Balaban J connectivity index is 1.31. The van der Waals surface area contributed by atoms with Crippen LogP contribution in [-0.2, 0) is 86.4 Å². The topological polar surface area (TPSA) is 553 Å². The number of carbonyl (C=O) groups is 14. The number of nitrogens with two attached hydrogens (primary N) is 4. The molecule has 3 heterocycles. The predicted molar refractivity (Wildman–Crippen MR) is 375 cm³/mol. The van der Waals surface area contributed by atoms with Crippen molar-refractivity contribution in [3.05, 3.63) is 123 Å². The average Bonchev–Trinajstić information content (AvgIpc) is 1.80. The number of azide groups is 1. The summed E-state index contributed by atoms with van der Waals surface area (Å²) in [6.07, 6.45) is -0.408. The molecule has 36 heteroatoms. The predicted octanol–water partition coefficient (Wildman–Crippen LogP) is -2.52. The van der Waals surface area contributed by atoms with Gasteiger partial charge in [-0.15, -0.1) is 0 Å². The maximum atomic E-state index is 14.9. The largest absolute Gasteiger partial charge is 0.370 e. The maximum absolute atomic E-state index is 14.9. The van der Waals surface area contributed by atoms with Gasteiger partial charge < -0.3 is 86.3 Å². The maximum Gasteiger partial charge on any atom is 0.245 e. The number of fused-ring (bicyclic) bond motifs is 1. The Bertz CT molecular complexity index is 3820. The Morgan fingerprint density at radius 2 is 1.31 bits per heavy atom. The molecule has 0 radical (unpaired) electrons. The molecule has 103 heavy (non-hydrogen) atoms. The zero-order valence-corrected chi connectivity index (χ0v) is 57.9. The number of amides is 14. The molecule has 2 fully saturated rings. The lowest BCUT2D eigenvalue weighted by molar-refractivity contribution is -0.142. The van der Waals surface area contributed by atoms with E-state index in [1.54, 1.807) is 50.2 Å². The minimum Gasteiger partial charge on any atom is -0.370 e. The highest BCUT2D eigenvalue weighted by molar-refractivity contribution is 6.30. The molecule has 2 aliphatic heterocycles. The Labute approximate surface area is 597 Å². The van der Waals surface area contributed by atoms with Crippen molar-refractivity contribution in [3.63, 3.8) is 0 Å². The summed E-state index contributed by atoms with van der Waals surface area (Å²) in [5, 5.41) is 33.3. The average molecular weight is 1450 g/mol. The first-order chi connectivity index (χ1) is 49.1. The van der Waals surface area contributed by atoms with Crippen molar-refractivity contribution in [2.75, 3.05) is 32.7 Å². The van der Waals surface area contributed by atoms with Gasteiger partial charge in [-0.1, -0.05) is 86.1 Å². The number of guanidine groups is 1. The number of halogens is 1. The zero-order valence-electron chi connectivity index (χ0n) is 57.1. The Hall–Kier alpha value is -11.3. The number of primary amides is 1. The standard InChI is InChI=1S/C67H88ClN21O14/c1-36(2)27-46-59(96)80-45(66(103)89-26-8-13-53(89)65(102)86-52(34-69)57(70)94)20-24-75-54(91)21-25-76-55(92)32-50(63(100)79-44(58(95)81-46)12-7-23-77-67(71)72)84-64(101)51(33-56(93)87-88-73)85-62(99)49(31-40-9-6-22-74-35-40)83-61(98)48(29-38-15-18-43(68)19-16-38)82-60(97)47(78-37(3)90)30-39-14-17-41-10-4-5-11-42(41)28-39/h4-6,9-11,14-19,22,28,35-36,44-53H,7-8,12-13,20-21,23-27,29-34,69H2,1-3H3,(H2,70,94)(H,75,91)(H,76,92)(H,78,90)(H,79,100)(H,80,96)(H,81,95)(H,82,97)(H,83,98)(H,84,101)(H,85,99)(H,86,102)(H4,71,72,77)/t44-,45+,46+,47-,48-,49-,50+,51+,52?,53+/m1/s1. The van der Waals surface area contributed by atoms with E-state index in [0.717, 1.165) is 10.8 Å². The summed E-state index contributed by atoms with van der Waals surface area (Å²) in [7, 11) is 0. The van der Waals surface area contributed by atoms with Gasteiger partial charge in [-0.3, -0.25) is 77.1 Å². The van der Waals surface area contributed by atoms with Crippen LogP contribution in [0.15, 0.2) is 101 Å². The summed E-state index contributed by atoms with van der Waals surface area (Å²) in [6.45, 7) is 3.62. The molecule has 0 aliphatic carbocycles. The molecule has 35 nitrogen and oxygen atoms in total. The lowest BCUT2D eigenvalue weighted by Gasteiger charge is -2.31. The highest BCUT2D eigenvalue weighted by Gasteiger charge is 2.41. The molecule has 0 saturated carbocycles. The van der Waals surface area contributed by atoms with Crippen molar-refractivity contribution in [2.45, 2.75) is 158 Å².